The summed E-state index contributed by atoms with van der Waals surface area (Å²) in [5.74, 6) is 0.418. The molecular formula is C14H22N2O2. The van der Waals surface area contributed by atoms with Gasteiger partial charge in [0.2, 0.25) is 0 Å². The van der Waals surface area contributed by atoms with Crippen LogP contribution in [0.15, 0.2) is 6.07 Å². The van der Waals surface area contributed by atoms with Crippen LogP contribution in [0.4, 0.5) is 0 Å². The summed E-state index contributed by atoms with van der Waals surface area (Å²) in [6.45, 7) is 7.99. The van der Waals surface area contributed by atoms with E-state index in [0.717, 1.165) is 36.5 Å². The number of carbonyl (C=O) groups is 1. The maximum absolute atomic E-state index is 12.2. The average molecular weight is 250 g/mol. The van der Waals surface area contributed by atoms with E-state index in [1.54, 1.807) is 0 Å². The first-order valence-corrected chi connectivity index (χ1v) is 6.57. The molecule has 2 rings (SSSR count). The monoisotopic (exact) mass is 250 g/mol. The molecule has 18 heavy (non-hydrogen) atoms. The third-order valence-corrected chi connectivity index (χ3v) is 3.76. The second-order valence-electron chi connectivity index (χ2n) is 5.48. The van der Waals surface area contributed by atoms with Crippen LogP contribution in [0.3, 0.4) is 0 Å². The van der Waals surface area contributed by atoms with Crippen LogP contribution in [-0.4, -0.2) is 46.5 Å². The number of Topliss-reactive ketones (excluding diaryl/α,β-unsaturated/α-hetero) is 1. The molecule has 0 radical (unpaired) electrons. The van der Waals surface area contributed by atoms with Gasteiger partial charge in [0.1, 0.15) is 0 Å². The predicted octanol–water partition coefficient (Wildman–Crippen LogP) is 1.52. The first kappa shape index (κ1) is 13.3. The lowest BCUT2D eigenvalue weighted by Gasteiger charge is -2.33. The number of ketones is 1. The molecule has 4 nitrogen and oxygen atoms in total. The molecule has 4 heteroatoms. The minimum Gasteiger partial charge on any atom is -0.393 e. The van der Waals surface area contributed by atoms with Gasteiger partial charge in [-0.2, -0.15) is 0 Å². The van der Waals surface area contributed by atoms with Gasteiger partial charge < -0.3 is 10.1 Å². The van der Waals surface area contributed by atoms with E-state index in [4.69, 9.17) is 0 Å². The van der Waals surface area contributed by atoms with E-state index in [9.17, 15) is 9.90 Å². The normalized spacial score (nSPS) is 25.3. The molecule has 0 saturated carbocycles. The van der Waals surface area contributed by atoms with Gasteiger partial charge in [0.05, 0.1) is 12.6 Å². The molecule has 2 atom stereocenters. The Morgan fingerprint density at radius 3 is 2.83 bits per heavy atom. The Morgan fingerprint density at radius 1 is 1.56 bits per heavy atom. The highest BCUT2D eigenvalue weighted by atomic mass is 16.3. The van der Waals surface area contributed by atoms with Gasteiger partial charge in [0.25, 0.3) is 0 Å². The van der Waals surface area contributed by atoms with Gasteiger partial charge in [-0.1, -0.05) is 6.92 Å². The largest absolute Gasteiger partial charge is 0.393 e. The quantitative estimate of drug-likeness (QED) is 0.800. The molecule has 0 bridgehead atoms. The van der Waals surface area contributed by atoms with Crippen molar-refractivity contribution in [1.29, 1.82) is 0 Å². The number of aliphatic hydroxyl groups excluding tert-OH is 1. The number of hydrogen-bond acceptors (Lipinski definition) is 3. The van der Waals surface area contributed by atoms with E-state index in [1.807, 2.05) is 26.8 Å². The standard InChI is InChI=1S/C14H22N2O2/c1-9-7-16(5-4-13(9)17)8-14(18)12-6-10(2)15-11(12)3/h6,9,13,15,17H,4-5,7-8H2,1-3H3. The molecule has 0 spiro atoms. The number of aromatic nitrogens is 1. The molecule has 1 aliphatic rings. The highest BCUT2D eigenvalue weighted by molar-refractivity contribution is 5.98. The predicted molar refractivity (Wildman–Crippen MR) is 70.8 cm³/mol. The van der Waals surface area contributed by atoms with E-state index in [0.29, 0.717) is 6.54 Å². The summed E-state index contributed by atoms with van der Waals surface area (Å²) in [5, 5.41) is 9.68. The van der Waals surface area contributed by atoms with Crippen molar-refractivity contribution >= 4 is 5.78 Å². The number of likely N-dealkylation sites (tertiary alicyclic amines) is 1. The number of aromatic amines is 1. The Labute approximate surface area is 108 Å². The summed E-state index contributed by atoms with van der Waals surface area (Å²) >= 11 is 0. The number of nitrogens with zero attached hydrogens (tertiary/aromatic N) is 1. The van der Waals surface area contributed by atoms with Crippen molar-refractivity contribution in [2.45, 2.75) is 33.3 Å². The second kappa shape index (κ2) is 5.24. The number of hydrogen-bond donors (Lipinski definition) is 2. The van der Waals surface area contributed by atoms with E-state index in [1.165, 1.54) is 0 Å². The van der Waals surface area contributed by atoms with Crippen LogP contribution in [0.5, 0.6) is 0 Å². The fourth-order valence-corrected chi connectivity index (χ4v) is 2.67. The Hall–Kier alpha value is -1.13. The van der Waals surface area contributed by atoms with E-state index >= 15 is 0 Å². The number of nitrogens with one attached hydrogen (secondary N) is 1. The minimum absolute atomic E-state index is 0.167. The van der Waals surface area contributed by atoms with Crippen molar-refractivity contribution in [3.8, 4) is 0 Å². The lowest BCUT2D eigenvalue weighted by molar-refractivity contribution is 0.0344. The topological polar surface area (TPSA) is 56.3 Å². The molecule has 0 aromatic carbocycles. The summed E-state index contributed by atoms with van der Waals surface area (Å²) in [6.07, 6.45) is 0.548. The van der Waals surface area contributed by atoms with Crippen LogP contribution < -0.4 is 0 Å². The first-order valence-electron chi connectivity index (χ1n) is 6.57. The van der Waals surface area contributed by atoms with Crippen LogP contribution in [-0.2, 0) is 0 Å². The summed E-state index contributed by atoms with van der Waals surface area (Å²) in [4.78, 5) is 17.5. The maximum atomic E-state index is 12.2. The molecule has 1 aromatic rings. The summed E-state index contributed by atoms with van der Waals surface area (Å²) < 4.78 is 0. The molecule has 100 valence electrons. The fourth-order valence-electron chi connectivity index (χ4n) is 2.67. The molecule has 2 unspecified atom stereocenters. The van der Waals surface area contributed by atoms with Crippen molar-refractivity contribution in [3.63, 3.8) is 0 Å². The highest BCUT2D eigenvalue weighted by Gasteiger charge is 2.26. The Bertz CT molecular complexity index is 439. The van der Waals surface area contributed by atoms with Crippen LogP contribution in [0.25, 0.3) is 0 Å². The molecule has 0 amide bonds. The summed E-state index contributed by atoms with van der Waals surface area (Å²) in [5.41, 5.74) is 2.77. The first-order chi connectivity index (χ1) is 8.47. The Morgan fingerprint density at radius 2 is 2.28 bits per heavy atom. The zero-order valence-corrected chi connectivity index (χ0v) is 11.4. The van der Waals surface area contributed by atoms with Gasteiger partial charge in [0.15, 0.2) is 5.78 Å². The molecule has 1 aliphatic heterocycles. The average Bonchev–Trinajstić information content (AvgIpc) is 2.63. The second-order valence-corrected chi connectivity index (χ2v) is 5.48. The van der Waals surface area contributed by atoms with E-state index in [2.05, 4.69) is 9.88 Å². The SMILES string of the molecule is Cc1cc(C(=O)CN2CCC(O)C(C)C2)c(C)[nH]1. The smallest absolute Gasteiger partial charge is 0.178 e. The fraction of sp³-hybridized carbons (Fsp3) is 0.643. The number of rotatable bonds is 3. The van der Waals surface area contributed by atoms with Gasteiger partial charge in [-0.15, -0.1) is 0 Å². The van der Waals surface area contributed by atoms with Crippen molar-refractivity contribution in [2.75, 3.05) is 19.6 Å². The highest BCUT2D eigenvalue weighted by Crippen LogP contribution is 2.18. The third-order valence-electron chi connectivity index (χ3n) is 3.76. The molecule has 1 aromatic heterocycles. The zero-order valence-electron chi connectivity index (χ0n) is 11.4. The van der Waals surface area contributed by atoms with Crippen LogP contribution >= 0.6 is 0 Å². The van der Waals surface area contributed by atoms with Crippen molar-refractivity contribution in [3.05, 3.63) is 23.0 Å². The van der Waals surface area contributed by atoms with Crippen molar-refractivity contribution in [1.82, 2.24) is 9.88 Å². The van der Waals surface area contributed by atoms with E-state index in [-0.39, 0.29) is 17.8 Å². The zero-order chi connectivity index (χ0) is 13.3. The summed E-state index contributed by atoms with van der Waals surface area (Å²) in [6, 6.07) is 1.92. The van der Waals surface area contributed by atoms with Crippen molar-refractivity contribution in [2.24, 2.45) is 5.92 Å². The molecule has 2 N–H and O–H groups in total. The van der Waals surface area contributed by atoms with Gasteiger partial charge in [0, 0.05) is 30.0 Å². The number of aliphatic hydroxyl groups is 1. The Kier molecular flexibility index (Phi) is 3.88. The van der Waals surface area contributed by atoms with Crippen LogP contribution in [0, 0.1) is 19.8 Å². The molecule has 2 heterocycles. The summed E-state index contributed by atoms with van der Waals surface area (Å²) in [7, 11) is 0. The number of aryl methyl sites for hydroxylation is 2. The number of piperidine rings is 1. The lowest BCUT2D eigenvalue weighted by atomic mass is 9.96. The molecule has 1 fully saturated rings. The maximum Gasteiger partial charge on any atom is 0.178 e. The van der Waals surface area contributed by atoms with Gasteiger partial charge in [-0.3, -0.25) is 9.69 Å². The number of H-pyrrole nitrogens is 1. The third kappa shape index (κ3) is 2.82. The lowest BCUT2D eigenvalue weighted by Crippen LogP contribution is -2.44. The van der Waals surface area contributed by atoms with E-state index < -0.39 is 0 Å². The Balaban J connectivity index is 1.98. The van der Waals surface area contributed by atoms with Gasteiger partial charge in [-0.25, -0.2) is 0 Å². The van der Waals surface area contributed by atoms with Crippen molar-refractivity contribution < 1.29 is 9.90 Å². The van der Waals surface area contributed by atoms with Gasteiger partial charge >= 0.3 is 0 Å². The number of carbonyl (C=O) groups excluding carboxylic acids is 1. The van der Waals surface area contributed by atoms with Gasteiger partial charge in [-0.05, 0) is 32.3 Å². The van der Waals surface area contributed by atoms with Crippen LogP contribution in [0.1, 0.15) is 35.1 Å². The molecule has 0 aliphatic carbocycles. The minimum atomic E-state index is -0.215. The molecule has 1 saturated heterocycles. The molecular weight excluding hydrogens is 228 g/mol. The van der Waals surface area contributed by atoms with Crippen LogP contribution in [0.2, 0.25) is 0 Å².